The normalized spacial score (nSPS) is 37.7. The number of carboxylic acid groups (broad SMARTS) is 1. The van der Waals surface area contributed by atoms with Crippen molar-refractivity contribution in [3.05, 3.63) is 35.9 Å². The lowest BCUT2D eigenvalue weighted by Crippen LogP contribution is -2.43. The third kappa shape index (κ3) is 2.56. The van der Waals surface area contributed by atoms with Gasteiger partial charge in [0.15, 0.2) is 0 Å². The van der Waals surface area contributed by atoms with Crippen molar-refractivity contribution in [1.82, 2.24) is 4.90 Å². The SMILES string of the molecule is O=C(O)C1CC2CCCCC2N1C[C@@H]1C[C@H]1c1ccccc1. The lowest BCUT2D eigenvalue weighted by molar-refractivity contribution is -0.142. The minimum atomic E-state index is -0.605. The van der Waals surface area contributed by atoms with Gasteiger partial charge >= 0.3 is 5.97 Å². The summed E-state index contributed by atoms with van der Waals surface area (Å²) in [7, 11) is 0. The number of fused-ring (bicyclic) bond motifs is 1. The quantitative estimate of drug-likeness (QED) is 0.925. The highest BCUT2D eigenvalue weighted by Gasteiger charge is 2.49. The van der Waals surface area contributed by atoms with Crippen LogP contribution in [0.1, 0.15) is 50.0 Å². The Balaban J connectivity index is 1.45. The minimum absolute atomic E-state index is 0.231. The average Bonchev–Trinajstić information content (AvgIpc) is 3.21. The summed E-state index contributed by atoms with van der Waals surface area (Å²) in [5.41, 5.74) is 1.43. The van der Waals surface area contributed by atoms with Crippen LogP contribution in [0.5, 0.6) is 0 Å². The first-order chi connectivity index (χ1) is 10.7. The van der Waals surface area contributed by atoms with Crippen molar-refractivity contribution in [2.75, 3.05) is 6.54 Å². The molecule has 3 unspecified atom stereocenters. The molecule has 5 atom stereocenters. The molecule has 0 radical (unpaired) electrons. The molecule has 4 rings (SSSR count). The van der Waals surface area contributed by atoms with Gasteiger partial charge in [-0.25, -0.2) is 0 Å². The molecule has 0 amide bonds. The molecule has 1 aliphatic heterocycles. The molecule has 2 saturated carbocycles. The first-order valence-electron chi connectivity index (χ1n) is 8.77. The predicted molar refractivity (Wildman–Crippen MR) is 85.8 cm³/mol. The number of hydrogen-bond acceptors (Lipinski definition) is 2. The molecule has 1 N–H and O–H groups in total. The van der Waals surface area contributed by atoms with Crippen molar-refractivity contribution < 1.29 is 9.90 Å². The maximum atomic E-state index is 11.7. The fourth-order valence-corrected chi connectivity index (χ4v) is 4.89. The highest BCUT2D eigenvalue weighted by molar-refractivity contribution is 5.74. The van der Waals surface area contributed by atoms with E-state index in [0.29, 0.717) is 23.8 Å². The molecule has 22 heavy (non-hydrogen) atoms. The monoisotopic (exact) mass is 299 g/mol. The molecule has 0 aromatic heterocycles. The molecule has 3 fully saturated rings. The van der Waals surface area contributed by atoms with Gasteiger partial charge in [0.1, 0.15) is 6.04 Å². The Bertz CT molecular complexity index is 544. The number of carboxylic acids is 1. The van der Waals surface area contributed by atoms with Gasteiger partial charge in [0.25, 0.3) is 0 Å². The molecule has 1 saturated heterocycles. The summed E-state index contributed by atoms with van der Waals surface area (Å²) in [6.07, 6.45) is 7.11. The second-order valence-electron chi connectivity index (χ2n) is 7.41. The zero-order valence-electron chi connectivity index (χ0n) is 13.0. The second-order valence-corrected chi connectivity index (χ2v) is 7.41. The van der Waals surface area contributed by atoms with Crippen molar-refractivity contribution in [1.29, 1.82) is 0 Å². The van der Waals surface area contributed by atoms with Gasteiger partial charge < -0.3 is 5.11 Å². The van der Waals surface area contributed by atoms with Crippen LogP contribution in [0.15, 0.2) is 30.3 Å². The molecule has 3 nitrogen and oxygen atoms in total. The maximum Gasteiger partial charge on any atom is 0.320 e. The van der Waals surface area contributed by atoms with Gasteiger partial charge in [0.2, 0.25) is 0 Å². The van der Waals surface area contributed by atoms with Crippen LogP contribution in [0, 0.1) is 11.8 Å². The van der Waals surface area contributed by atoms with Crippen LogP contribution in [0.2, 0.25) is 0 Å². The number of nitrogens with zero attached hydrogens (tertiary/aromatic N) is 1. The van der Waals surface area contributed by atoms with E-state index in [4.69, 9.17) is 0 Å². The number of hydrogen-bond donors (Lipinski definition) is 1. The van der Waals surface area contributed by atoms with Gasteiger partial charge in [0, 0.05) is 12.6 Å². The second kappa shape index (κ2) is 5.69. The van der Waals surface area contributed by atoms with E-state index in [2.05, 4.69) is 35.2 Å². The predicted octanol–water partition coefficient (Wildman–Crippen LogP) is 3.51. The largest absolute Gasteiger partial charge is 0.480 e. The summed E-state index contributed by atoms with van der Waals surface area (Å²) in [6, 6.07) is 11.0. The number of likely N-dealkylation sites (tertiary alicyclic amines) is 1. The molecule has 0 bridgehead atoms. The molecular weight excluding hydrogens is 274 g/mol. The van der Waals surface area contributed by atoms with Crippen LogP contribution in [-0.2, 0) is 4.79 Å². The van der Waals surface area contributed by atoms with Gasteiger partial charge in [-0.15, -0.1) is 0 Å². The molecule has 3 heteroatoms. The zero-order valence-corrected chi connectivity index (χ0v) is 13.0. The van der Waals surface area contributed by atoms with Gasteiger partial charge in [-0.3, -0.25) is 9.69 Å². The molecular formula is C19H25NO2. The average molecular weight is 299 g/mol. The van der Waals surface area contributed by atoms with Crippen molar-refractivity contribution in [3.8, 4) is 0 Å². The lowest BCUT2D eigenvalue weighted by atomic mass is 9.84. The molecule has 1 aromatic carbocycles. The Morgan fingerprint density at radius 3 is 2.68 bits per heavy atom. The highest BCUT2D eigenvalue weighted by atomic mass is 16.4. The third-order valence-corrected chi connectivity index (χ3v) is 6.10. The first kappa shape index (κ1) is 14.3. The summed E-state index contributed by atoms with van der Waals surface area (Å²) in [4.78, 5) is 14.0. The smallest absolute Gasteiger partial charge is 0.320 e. The van der Waals surface area contributed by atoms with Crippen LogP contribution >= 0.6 is 0 Å². The maximum absolute atomic E-state index is 11.7. The zero-order chi connectivity index (χ0) is 15.1. The number of carbonyl (C=O) groups is 1. The minimum Gasteiger partial charge on any atom is -0.480 e. The van der Waals surface area contributed by atoms with Crippen molar-refractivity contribution in [3.63, 3.8) is 0 Å². The molecule has 1 aromatic rings. The summed E-state index contributed by atoms with van der Waals surface area (Å²) in [5.74, 6) is 1.33. The number of benzene rings is 1. The van der Waals surface area contributed by atoms with Gasteiger partial charge in [0.05, 0.1) is 0 Å². The van der Waals surface area contributed by atoms with Crippen molar-refractivity contribution in [2.24, 2.45) is 11.8 Å². The van der Waals surface area contributed by atoms with E-state index in [9.17, 15) is 9.90 Å². The van der Waals surface area contributed by atoms with E-state index >= 15 is 0 Å². The van der Waals surface area contributed by atoms with Gasteiger partial charge in [-0.2, -0.15) is 0 Å². The molecule has 3 aliphatic rings. The van der Waals surface area contributed by atoms with E-state index in [1.807, 2.05) is 0 Å². The van der Waals surface area contributed by atoms with E-state index in [0.717, 1.165) is 13.0 Å². The topological polar surface area (TPSA) is 40.5 Å². The standard InChI is InChI=1S/C19H25NO2/c21-19(22)18-11-14-8-4-5-9-17(14)20(18)12-15-10-16(15)13-6-2-1-3-7-13/h1-3,6-7,14-18H,4-5,8-12H2,(H,21,22)/t14?,15-,16-,17?,18?/m0/s1. The van der Waals surface area contributed by atoms with E-state index < -0.39 is 5.97 Å². The Hall–Kier alpha value is -1.35. The fraction of sp³-hybridized carbons (Fsp3) is 0.632. The highest BCUT2D eigenvalue weighted by Crippen LogP contribution is 2.50. The van der Waals surface area contributed by atoms with E-state index in [-0.39, 0.29) is 6.04 Å². The van der Waals surface area contributed by atoms with Gasteiger partial charge in [-0.1, -0.05) is 43.2 Å². The van der Waals surface area contributed by atoms with Crippen LogP contribution in [0.4, 0.5) is 0 Å². The van der Waals surface area contributed by atoms with E-state index in [1.165, 1.54) is 37.7 Å². The lowest BCUT2D eigenvalue weighted by Gasteiger charge is -2.33. The summed E-state index contributed by atoms with van der Waals surface area (Å²) < 4.78 is 0. The third-order valence-electron chi connectivity index (χ3n) is 6.10. The molecule has 2 aliphatic carbocycles. The van der Waals surface area contributed by atoms with Gasteiger partial charge in [-0.05, 0) is 49.0 Å². The van der Waals surface area contributed by atoms with Crippen LogP contribution < -0.4 is 0 Å². The van der Waals surface area contributed by atoms with Crippen molar-refractivity contribution >= 4 is 5.97 Å². The molecule has 0 spiro atoms. The summed E-state index contributed by atoms with van der Waals surface area (Å²) in [6.45, 7) is 0.984. The Labute approximate surface area is 132 Å². The Morgan fingerprint density at radius 1 is 1.14 bits per heavy atom. The van der Waals surface area contributed by atoms with E-state index in [1.54, 1.807) is 0 Å². The molecule has 1 heterocycles. The Kier molecular flexibility index (Phi) is 3.69. The van der Waals surface area contributed by atoms with Crippen LogP contribution in [0.25, 0.3) is 0 Å². The van der Waals surface area contributed by atoms with Crippen LogP contribution in [0.3, 0.4) is 0 Å². The fourth-order valence-electron chi connectivity index (χ4n) is 4.89. The first-order valence-corrected chi connectivity index (χ1v) is 8.77. The Morgan fingerprint density at radius 2 is 1.91 bits per heavy atom. The summed E-state index contributed by atoms with van der Waals surface area (Å²) >= 11 is 0. The summed E-state index contributed by atoms with van der Waals surface area (Å²) in [5, 5.41) is 9.61. The molecule has 118 valence electrons. The number of rotatable bonds is 4. The van der Waals surface area contributed by atoms with Crippen molar-refractivity contribution in [2.45, 2.75) is 56.5 Å². The number of aliphatic carboxylic acids is 1. The van der Waals surface area contributed by atoms with Crippen LogP contribution in [-0.4, -0.2) is 34.6 Å².